The molecule has 0 spiro atoms. The molecule has 1 rings (SSSR count). The van der Waals surface area contributed by atoms with Gasteiger partial charge in [-0.15, -0.1) is 11.6 Å². The summed E-state index contributed by atoms with van der Waals surface area (Å²) in [5.41, 5.74) is 2.57. The third-order valence-electron chi connectivity index (χ3n) is 3.10. The third kappa shape index (κ3) is 4.75. The number of hydrogen-bond acceptors (Lipinski definition) is 2. The maximum Gasteiger partial charge on any atom is 0.237 e. The van der Waals surface area contributed by atoms with Gasteiger partial charge in [-0.1, -0.05) is 19.9 Å². The summed E-state index contributed by atoms with van der Waals surface area (Å²) in [6.45, 7) is 7.45. The second-order valence-electron chi connectivity index (χ2n) is 4.97. The normalized spacial score (nSPS) is 10.6. The van der Waals surface area contributed by atoms with Crippen molar-refractivity contribution in [1.29, 1.82) is 0 Å². The van der Waals surface area contributed by atoms with Crippen LogP contribution in [-0.4, -0.2) is 36.9 Å². The maximum atomic E-state index is 11.3. The Bertz CT molecular complexity index is 432. The van der Waals surface area contributed by atoms with Crippen LogP contribution in [0.3, 0.4) is 0 Å². The van der Waals surface area contributed by atoms with E-state index in [9.17, 15) is 4.79 Å². The Morgan fingerprint density at radius 3 is 2.63 bits per heavy atom. The zero-order valence-electron chi connectivity index (χ0n) is 12.1. The number of likely N-dealkylation sites (N-methyl/N-ethyl adjacent to an activating group) is 1. The van der Waals surface area contributed by atoms with Crippen molar-refractivity contribution in [1.82, 2.24) is 4.90 Å². The Balaban J connectivity index is 2.51. The molecule has 4 heteroatoms. The van der Waals surface area contributed by atoms with Gasteiger partial charge in [-0.05, 0) is 36.1 Å². The van der Waals surface area contributed by atoms with Gasteiger partial charge in [0.1, 0.15) is 18.2 Å². The number of aryl methyl sites for hydroxylation is 1. The summed E-state index contributed by atoms with van der Waals surface area (Å²) < 4.78 is 5.65. The first-order chi connectivity index (χ1) is 8.95. The van der Waals surface area contributed by atoms with Crippen molar-refractivity contribution in [2.75, 3.05) is 26.1 Å². The number of ether oxygens (including phenoxy) is 1. The molecule has 0 saturated carbocycles. The van der Waals surface area contributed by atoms with Crippen LogP contribution in [0.25, 0.3) is 0 Å². The minimum atomic E-state index is -0.0865. The van der Waals surface area contributed by atoms with Crippen molar-refractivity contribution >= 4 is 17.5 Å². The van der Waals surface area contributed by atoms with Crippen molar-refractivity contribution in [2.24, 2.45) is 0 Å². The van der Waals surface area contributed by atoms with Crippen molar-refractivity contribution in [2.45, 2.75) is 26.7 Å². The van der Waals surface area contributed by atoms with Gasteiger partial charge in [0.2, 0.25) is 5.91 Å². The van der Waals surface area contributed by atoms with Gasteiger partial charge in [-0.2, -0.15) is 0 Å². The molecule has 0 atom stereocenters. The van der Waals surface area contributed by atoms with Crippen LogP contribution >= 0.6 is 11.6 Å². The van der Waals surface area contributed by atoms with Crippen LogP contribution in [0.2, 0.25) is 0 Å². The number of hydrogen-bond donors (Lipinski definition) is 0. The maximum absolute atomic E-state index is 11.3. The smallest absolute Gasteiger partial charge is 0.237 e. The minimum absolute atomic E-state index is 0.0126. The van der Waals surface area contributed by atoms with E-state index in [1.165, 1.54) is 11.1 Å². The molecule has 0 heterocycles. The van der Waals surface area contributed by atoms with E-state index in [2.05, 4.69) is 26.8 Å². The van der Waals surface area contributed by atoms with E-state index in [1.807, 2.05) is 12.1 Å². The van der Waals surface area contributed by atoms with Crippen LogP contribution in [0.15, 0.2) is 18.2 Å². The molecule has 0 saturated heterocycles. The molecule has 0 aliphatic carbocycles. The van der Waals surface area contributed by atoms with E-state index in [-0.39, 0.29) is 11.8 Å². The first-order valence-corrected chi connectivity index (χ1v) is 7.02. The Morgan fingerprint density at radius 2 is 2.11 bits per heavy atom. The predicted octanol–water partition coefficient (Wildman–Crippen LogP) is 3.19. The van der Waals surface area contributed by atoms with E-state index in [0.717, 1.165) is 5.75 Å². The topological polar surface area (TPSA) is 29.5 Å². The van der Waals surface area contributed by atoms with Crippen molar-refractivity contribution in [3.05, 3.63) is 29.3 Å². The third-order valence-corrected chi connectivity index (χ3v) is 3.33. The average Bonchev–Trinajstić information content (AvgIpc) is 2.37. The van der Waals surface area contributed by atoms with Gasteiger partial charge in [0, 0.05) is 7.05 Å². The van der Waals surface area contributed by atoms with Crippen LogP contribution in [0.1, 0.15) is 30.9 Å². The van der Waals surface area contributed by atoms with Gasteiger partial charge < -0.3 is 9.64 Å². The standard InChI is InChI=1S/C15H22ClNO2/c1-11(2)14-6-5-13(9-12(14)3)19-8-7-17(4)15(18)10-16/h5-6,9,11H,7-8,10H2,1-4H3. The minimum Gasteiger partial charge on any atom is -0.492 e. The van der Waals surface area contributed by atoms with E-state index >= 15 is 0 Å². The molecule has 0 fully saturated rings. The molecule has 0 N–H and O–H groups in total. The fourth-order valence-electron chi connectivity index (χ4n) is 1.91. The summed E-state index contributed by atoms with van der Waals surface area (Å²) in [6, 6.07) is 6.12. The van der Waals surface area contributed by atoms with E-state index < -0.39 is 0 Å². The number of benzene rings is 1. The number of rotatable bonds is 6. The second-order valence-corrected chi connectivity index (χ2v) is 5.24. The molecule has 0 radical (unpaired) electrons. The molecule has 1 amide bonds. The lowest BCUT2D eigenvalue weighted by molar-refractivity contribution is -0.127. The summed E-state index contributed by atoms with van der Waals surface area (Å²) in [4.78, 5) is 12.8. The largest absolute Gasteiger partial charge is 0.492 e. The molecule has 0 aliphatic heterocycles. The lowest BCUT2D eigenvalue weighted by Gasteiger charge is -2.17. The fourth-order valence-corrected chi connectivity index (χ4v) is 2.12. The van der Waals surface area contributed by atoms with Crippen LogP contribution in [0.5, 0.6) is 5.75 Å². The summed E-state index contributed by atoms with van der Waals surface area (Å²) in [5, 5.41) is 0. The predicted molar refractivity (Wildman–Crippen MR) is 79.1 cm³/mol. The van der Waals surface area contributed by atoms with E-state index in [4.69, 9.17) is 16.3 Å². The van der Waals surface area contributed by atoms with Gasteiger partial charge in [0.05, 0.1) is 6.54 Å². The SMILES string of the molecule is Cc1cc(OCCN(C)C(=O)CCl)ccc1C(C)C. The lowest BCUT2D eigenvalue weighted by atomic mass is 9.98. The molecule has 0 aromatic heterocycles. The number of alkyl halides is 1. The Labute approximate surface area is 120 Å². The number of amides is 1. The quantitative estimate of drug-likeness (QED) is 0.751. The lowest BCUT2D eigenvalue weighted by Crippen LogP contribution is -2.31. The van der Waals surface area contributed by atoms with Gasteiger partial charge in [-0.25, -0.2) is 0 Å². The number of carbonyl (C=O) groups excluding carboxylic acids is 1. The molecule has 19 heavy (non-hydrogen) atoms. The van der Waals surface area contributed by atoms with E-state index in [1.54, 1.807) is 11.9 Å². The highest BCUT2D eigenvalue weighted by Crippen LogP contribution is 2.23. The number of halogens is 1. The van der Waals surface area contributed by atoms with Crippen molar-refractivity contribution in [3.63, 3.8) is 0 Å². The molecule has 106 valence electrons. The molecular weight excluding hydrogens is 262 g/mol. The zero-order valence-corrected chi connectivity index (χ0v) is 12.8. The summed E-state index contributed by atoms with van der Waals surface area (Å²) >= 11 is 5.48. The highest BCUT2D eigenvalue weighted by atomic mass is 35.5. The Kier molecular flexibility index (Phi) is 6.16. The highest BCUT2D eigenvalue weighted by Gasteiger charge is 2.07. The van der Waals surface area contributed by atoms with Crippen LogP contribution in [0, 0.1) is 6.92 Å². The molecular formula is C15H22ClNO2. The highest BCUT2D eigenvalue weighted by molar-refractivity contribution is 6.27. The zero-order chi connectivity index (χ0) is 14.4. The fraction of sp³-hybridized carbons (Fsp3) is 0.533. The summed E-state index contributed by atoms with van der Waals surface area (Å²) in [6.07, 6.45) is 0. The number of carbonyl (C=O) groups is 1. The number of nitrogens with zero attached hydrogens (tertiary/aromatic N) is 1. The van der Waals surface area contributed by atoms with Gasteiger partial charge in [0.15, 0.2) is 0 Å². The van der Waals surface area contributed by atoms with Gasteiger partial charge >= 0.3 is 0 Å². The molecule has 1 aromatic rings. The molecule has 0 aliphatic rings. The summed E-state index contributed by atoms with van der Waals surface area (Å²) in [7, 11) is 1.72. The Hall–Kier alpha value is -1.22. The average molecular weight is 284 g/mol. The molecule has 1 aromatic carbocycles. The monoisotopic (exact) mass is 283 g/mol. The second kappa shape index (κ2) is 7.39. The molecule has 0 unspecified atom stereocenters. The van der Waals surface area contributed by atoms with Crippen molar-refractivity contribution in [3.8, 4) is 5.75 Å². The van der Waals surface area contributed by atoms with Crippen LogP contribution < -0.4 is 4.74 Å². The van der Waals surface area contributed by atoms with Gasteiger partial charge in [-0.3, -0.25) is 4.79 Å². The first kappa shape index (κ1) is 15.8. The van der Waals surface area contributed by atoms with Crippen LogP contribution in [-0.2, 0) is 4.79 Å². The van der Waals surface area contributed by atoms with Gasteiger partial charge in [0.25, 0.3) is 0 Å². The van der Waals surface area contributed by atoms with E-state index in [0.29, 0.717) is 19.1 Å². The van der Waals surface area contributed by atoms with Crippen LogP contribution in [0.4, 0.5) is 0 Å². The first-order valence-electron chi connectivity index (χ1n) is 6.49. The molecule has 3 nitrogen and oxygen atoms in total. The Morgan fingerprint density at radius 1 is 1.42 bits per heavy atom. The van der Waals surface area contributed by atoms with Crippen molar-refractivity contribution < 1.29 is 9.53 Å². The molecule has 0 bridgehead atoms. The summed E-state index contributed by atoms with van der Waals surface area (Å²) in [5.74, 6) is 1.28.